The van der Waals surface area contributed by atoms with Crippen LogP contribution in [-0.4, -0.2) is 77.5 Å². The van der Waals surface area contributed by atoms with Gasteiger partial charge in [0, 0.05) is 6.54 Å². The van der Waals surface area contributed by atoms with Crippen LogP contribution in [0.1, 0.15) is 13.2 Å². The molecule has 0 aromatic carbocycles. The van der Waals surface area contributed by atoms with Gasteiger partial charge in [0.2, 0.25) is 5.95 Å². The number of anilines is 2. The second-order valence-electron chi connectivity index (χ2n) is 5.71. The number of nitrogen functional groups attached to an aromatic ring is 1. The first-order valence-corrected chi connectivity index (χ1v) is 7.46. The number of aliphatic hydroxyl groups excluding tert-OH is 4. The van der Waals surface area contributed by atoms with Crippen molar-refractivity contribution in [3.63, 3.8) is 0 Å². The number of hydrogen-bond donors (Lipinski definition) is 6. The molecule has 3 heterocycles. The first-order chi connectivity index (χ1) is 11.4. The van der Waals surface area contributed by atoms with E-state index in [-0.39, 0.29) is 12.5 Å². The van der Waals surface area contributed by atoms with Gasteiger partial charge in [0.05, 0.1) is 19.0 Å². The van der Waals surface area contributed by atoms with E-state index in [1.807, 2.05) is 0 Å². The minimum Gasteiger partial charge on any atom is -0.394 e. The number of nitrogens with zero attached hydrogens (tertiary/aromatic N) is 4. The van der Waals surface area contributed by atoms with Crippen LogP contribution in [0.2, 0.25) is 0 Å². The number of nitrogens with one attached hydrogen (secondary N) is 1. The quantitative estimate of drug-likeness (QED) is 0.351. The highest BCUT2D eigenvalue weighted by molar-refractivity contribution is 5.84. The SMILES string of the molecule is CC(O)CNc1nc(N)nc2c1ncn2[C@@H]1O[C@H](CO)[C@@H](O)[C@H]1O. The highest BCUT2D eigenvalue weighted by Crippen LogP contribution is 2.32. The zero-order valence-electron chi connectivity index (χ0n) is 12.9. The van der Waals surface area contributed by atoms with E-state index in [2.05, 4.69) is 20.3 Å². The van der Waals surface area contributed by atoms with Crippen LogP contribution in [0.3, 0.4) is 0 Å². The summed E-state index contributed by atoms with van der Waals surface area (Å²) < 4.78 is 6.90. The highest BCUT2D eigenvalue weighted by Gasteiger charge is 2.44. The van der Waals surface area contributed by atoms with Gasteiger partial charge in [-0.05, 0) is 6.92 Å². The number of aliphatic hydroxyl groups is 4. The smallest absolute Gasteiger partial charge is 0.224 e. The Balaban J connectivity index is 1.98. The van der Waals surface area contributed by atoms with E-state index in [9.17, 15) is 20.4 Å². The topological polar surface area (TPSA) is 172 Å². The summed E-state index contributed by atoms with van der Waals surface area (Å²) in [5, 5.41) is 41.5. The lowest BCUT2D eigenvalue weighted by Crippen LogP contribution is -2.33. The molecular formula is C13H20N6O5. The summed E-state index contributed by atoms with van der Waals surface area (Å²) in [5.41, 5.74) is 6.39. The van der Waals surface area contributed by atoms with Gasteiger partial charge < -0.3 is 36.2 Å². The van der Waals surface area contributed by atoms with Gasteiger partial charge in [-0.15, -0.1) is 0 Å². The zero-order chi connectivity index (χ0) is 17.4. The Labute approximate surface area is 136 Å². The van der Waals surface area contributed by atoms with E-state index in [4.69, 9.17) is 10.5 Å². The molecule has 1 unspecified atom stereocenters. The minimum atomic E-state index is -1.26. The van der Waals surface area contributed by atoms with Crippen LogP contribution in [-0.2, 0) is 4.74 Å². The van der Waals surface area contributed by atoms with Gasteiger partial charge in [-0.3, -0.25) is 4.57 Å². The summed E-state index contributed by atoms with van der Waals surface area (Å²) in [6.45, 7) is 1.43. The fourth-order valence-corrected chi connectivity index (χ4v) is 2.60. The molecule has 24 heavy (non-hydrogen) atoms. The van der Waals surface area contributed by atoms with Crippen molar-refractivity contribution in [1.29, 1.82) is 0 Å². The molecule has 2 aromatic heterocycles. The normalized spacial score (nSPS) is 28.4. The number of rotatable bonds is 5. The molecule has 0 bridgehead atoms. The van der Waals surface area contributed by atoms with Crippen LogP contribution >= 0.6 is 0 Å². The second kappa shape index (κ2) is 6.45. The van der Waals surface area contributed by atoms with Crippen molar-refractivity contribution in [1.82, 2.24) is 19.5 Å². The number of nitrogens with two attached hydrogens (primary N) is 1. The molecule has 11 nitrogen and oxygen atoms in total. The van der Waals surface area contributed by atoms with Gasteiger partial charge in [0.25, 0.3) is 0 Å². The zero-order valence-corrected chi connectivity index (χ0v) is 12.9. The lowest BCUT2D eigenvalue weighted by molar-refractivity contribution is -0.0511. The summed E-state index contributed by atoms with van der Waals surface area (Å²) in [6.07, 6.45) is -3.59. The van der Waals surface area contributed by atoms with Crippen LogP contribution < -0.4 is 11.1 Å². The first kappa shape index (κ1) is 16.8. The van der Waals surface area contributed by atoms with Crippen molar-refractivity contribution in [3.8, 4) is 0 Å². The Hall–Kier alpha value is -2.05. The van der Waals surface area contributed by atoms with E-state index in [1.165, 1.54) is 10.9 Å². The Bertz CT molecular complexity index is 722. The average molecular weight is 340 g/mol. The van der Waals surface area contributed by atoms with Crippen molar-refractivity contribution < 1.29 is 25.2 Å². The fraction of sp³-hybridized carbons (Fsp3) is 0.615. The molecule has 1 aliphatic rings. The average Bonchev–Trinajstić information content (AvgIpc) is 3.07. The molecule has 0 saturated carbocycles. The van der Waals surface area contributed by atoms with E-state index in [1.54, 1.807) is 6.92 Å². The Morgan fingerprint density at radius 1 is 1.38 bits per heavy atom. The lowest BCUT2D eigenvalue weighted by Gasteiger charge is -2.16. The van der Waals surface area contributed by atoms with Gasteiger partial charge >= 0.3 is 0 Å². The van der Waals surface area contributed by atoms with Crippen molar-refractivity contribution in [2.45, 2.75) is 37.6 Å². The highest BCUT2D eigenvalue weighted by atomic mass is 16.6. The maximum absolute atomic E-state index is 10.1. The monoisotopic (exact) mass is 340 g/mol. The summed E-state index contributed by atoms with van der Waals surface area (Å²) >= 11 is 0. The maximum atomic E-state index is 10.1. The van der Waals surface area contributed by atoms with Crippen LogP contribution in [0.15, 0.2) is 6.33 Å². The molecule has 1 aliphatic heterocycles. The second-order valence-corrected chi connectivity index (χ2v) is 5.71. The lowest BCUT2D eigenvalue weighted by atomic mass is 10.1. The van der Waals surface area contributed by atoms with Gasteiger partial charge in [-0.1, -0.05) is 0 Å². The van der Waals surface area contributed by atoms with Gasteiger partial charge in [-0.25, -0.2) is 4.98 Å². The predicted molar refractivity (Wildman–Crippen MR) is 82.9 cm³/mol. The summed E-state index contributed by atoms with van der Waals surface area (Å²) in [5.74, 6) is 0.313. The number of hydrogen-bond acceptors (Lipinski definition) is 10. The van der Waals surface area contributed by atoms with Crippen LogP contribution in [0, 0.1) is 0 Å². The Morgan fingerprint density at radius 2 is 2.12 bits per heavy atom. The molecule has 2 aromatic rings. The van der Waals surface area contributed by atoms with Crippen molar-refractivity contribution >= 4 is 22.9 Å². The molecule has 5 atom stereocenters. The molecule has 0 amide bonds. The third kappa shape index (κ3) is 2.87. The van der Waals surface area contributed by atoms with Crippen molar-refractivity contribution in [3.05, 3.63) is 6.33 Å². The third-order valence-corrected chi connectivity index (χ3v) is 3.79. The van der Waals surface area contributed by atoms with Crippen LogP contribution in [0.25, 0.3) is 11.2 Å². The van der Waals surface area contributed by atoms with Crippen LogP contribution in [0.5, 0.6) is 0 Å². The number of aromatic nitrogens is 4. The van der Waals surface area contributed by atoms with Gasteiger partial charge in [0.15, 0.2) is 23.2 Å². The van der Waals surface area contributed by atoms with E-state index in [0.717, 1.165) is 0 Å². The number of imidazole rings is 1. The first-order valence-electron chi connectivity index (χ1n) is 7.46. The fourth-order valence-electron chi connectivity index (χ4n) is 2.60. The van der Waals surface area contributed by atoms with E-state index in [0.29, 0.717) is 17.0 Å². The van der Waals surface area contributed by atoms with Gasteiger partial charge in [0.1, 0.15) is 18.3 Å². The van der Waals surface area contributed by atoms with Crippen LogP contribution in [0.4, 0.5) is 11.8 Å². The maximum Gasteiger partial charge on any atom is 0.224 e. The van der Waals surface area contributed by atoms with Crippen molar-refractivity contribution in [2.75, 3.05) is 24.2 Å². The molecule has 0 spiro atoms. The predicted octanol–water partition coefficient (Wildman–Crippen LogP) is -2.19. The molecule has 7 N–H and O–H groups in total. The summed E-state index contributed by atoms with van der Waals surface area (Å²) in [6, 6.07) is 0. The molecule has 132 valence electrons. The standard InChI is InChI=1S/C13H20N6O5/c1-5(21)2-15-10-7-11(18-13(14)17-10)19(4-16-7)12-9(23)8(22)6(3-20)24-12/h4-6,8-9,12,20-23H,2-3H2,1H3,(H3,14,15,17,18)/t5?,6-,8-,9-,12-/m1/s1. The Kier molecular flexibility index (Phi) is 4.51. The number of fused-ring (bicyclic) bond motifs is 1. The van der Waals surface area contributed by atoms with E-state index < -0.39 is 37.3 Å². The minimum absolute atomic E-state index is 0.0240. The third-order valence-electron chi connectivity index (χ3n) is 3.79. The summed E-state index contributed by atoms with van der Waals surface area (Å²) in [7, 11) is 0. The molecule has 0 aliphatic carbocycles. The molecular weight excluding hydrogens is 320 g/mol. The largest absolute Gasteiger partial charge is 0.394 e. The molecule has 1 saturated heterocycles. The molecule has 11 heteroatoms. The number of ether oxygens (including phenoxy) is 1. The molecule has 3 rings (SSSR count). The van der Waals surface area contributed by atoms with E-state index >= 15 is 0 Å². The Morgan fingerprint density at radius 3 is 2.75 bits per heavy atom. The molecule has 1 fully saturated rings. The van der Waals surface area contributed by atoms with Gasteiger partial charge in [-0.2, -0.15) is 9.97 Å². The van der Waals surface area contributed by atoms with Crippen molar-refractivity contribution in [2.24, 2.45) is 0 Å². The molecule has 0 radical (unpaired) electrons. The summed E-state index contributed by atoms with van der Waals surface area (Å²) in [4.78, 5) is 12.4.